The molecular formula is C20H23N3O3. The molecule has 3 N–H and O–H groups in total. The molecule has 6 nitrogen and oxygen atoms in total. The van der Waals surface area contributed by atoms with Crippen molar-refractivity contribution < 1.29 is 14.4 Å². The van der Waals surface area contributed by atoms with Gasteiger partial charge in [0.2, 0.25) is 5.91 Å². The van der Waals surface area contributed by atoms with E-state index in [1.807, 2.05) is 17.7 Å². The minimum Gasteiger partial charge on any atom is -0.366 e. The minimum atomic E-state index is -0.609. The minimum absolute atomic E-state index is 0.111. The van der Waals surface area contributed by atoms with Gasteiger partial charge in [0, 0.05) is 36.5 Å². The maximum Gasteiger partial charge on any atom is 0.250 e. The molecule has 1 heterocycles. The number of aromatic nitrogens is 1. The van der Waals surface area contributed by atoms with Crippen LogP contribution in [-0.2, 0) is 11.2 Å². The molecule has 26 heavy (non-hydrogen) atoms. The van der Waals surface area contributed by atoms with E-state index in [1.54, 1.807) is 18.2 Å². The van der Waals surface area contributed by atoms with Crippen LogP contribution in [0.5, 0.6) is 0 Å². The molecule has 2 amide bonds. The Bertz CT molecular complexity index is 938. The van der Waals surface area contributed by atoms with Crippen LogP contribution in [0.4, 0.5) is 5.69 Å². The van der Waals surface area contributed by atoms with Crippen molar-refractivity contribution in [2.75, 3.05) is 5.32 Å². The van der Waals surface area contributed by atoms with E-state index < -0.39 is 5.91 Å². The highest BCUT2D eigenvalue weighted by molar-refractivity contribution is 6.03. The van der Waals surface area contributed by atoms with Gasteiger partial charge in [-0.05, 0) is 42.5 Å². The number of rotatable bonds is 3. The SMILES string of the molecule is CC(=O)Nc1cc(-n2cc(C)c3c2CC(C)(C)CC3=O)ccc1C(N)=O. The summed E-state index contributed by atoms with van der Waals surface area (Å²) in [5.41, 5.74) is 9.36. The first kappa shape index (κ1) is 17.9. The Morgan fingerprint density at radius 1 is 1.23 bits per heavy atom. The van der Waals surface area contributed by atoms with Gasteiger partial charge in [0.15, 0.2) is 5.78 Å². The first-order valence-corrected chi connectivity index (χ1v) is 8.55. The molecule has 0 fully saturated rings. The maximum absolute atomic E-state index is 12.6. The Balaban J connectivity index is 2.16. The molecule has 2 aromatic rings. The molecule has 0 saturated carbocycles. The molecule has 0 unspecified atom stereocenters. The molecule has 6 heteroatoms. The Morgan fingerprint density at radius 3 is 2.54 bits per heavy atom. The Hall–Kier alpha value is -2.89. The summed E-state index contributed by atoms with van der Waals surface area (Å²) >= 11 is 0. The van der Waals surface area contributed by atoms with Crippen LogP contribution in [0.3, 0.4) is 0 Å². The van der Waals surface area contributed by atoms with Gasteiger partial charge in [-0.25, -0.2) is 0 Å². The Kier molecular flexibility index (Phi) is 4.22. The number of Topliss-reactive ketones (excluding diaryl/α,β-unsaturated/α-hetero) is 1. The molecule has 1 aliphatic rings. The van der Waals surface area contributed by atoms with E-state index in [4.69, 9.17) is 5.73 Å². The third-order valence-corrected chi connectivity index (χ3v) is 4.72. The molecule has 0 aliphatic heterocycles. The highest BCUT2D eigenvalue weighted by atomic mass is 16.2. The van der Waals surface area contributed by atoms with Crippen LogP contribution >= 0.6 is 0 Å². The summed E-state index contributed by atoms with van der Waals surface area (Å²) in [5, 5.41) is 2.66. The third-order valence-electron chi connectivity index (χ3n) is 4.72. The topological polar surface area (TPSA) is 94.2 Å². The maximum atomic E-state index is 12.6. The first-order chi connectivity index (χ1) is 12.1. The fourth-order valence-electron chi connectivity index (χ4n) is 3.70. The number of nitrogens with two attached hydrogens (primary N) is 1. The Morgan fingerprint density at radius 2 is 1.92 bits per heavy atom. The number of hydrogen-bond donors (Lipinski definition) is 2. The number of ketones is 1. The summed E-state index contributed by atoms with van der Waals surface area (Å²) in [7, 11) is 0. The number of carbonyl (C=O) groups is 3. The highest BCUT2D eigenvalue weighted by Gasteiger charge is 2.34. The van der Waals surface area contributed by atoms with Crippen molar-refractivity contribution in [2.45, 2.75) is 40.5 Å². The average Bonchev–Trinajstić information content (AvgIpc) is 2.81. The Labute approximate surface area is 152 Å². The van der Waals surface area contributed by atoms with Gasteiger partial charge in [-0.15, -0.1) is 0 Å². The second-order valence-corrected chi connectivity index (χ2v) is 7.72. The van der Waals surface area contributed by atoms with Crippen molar-refractivity contribution in [2.24, 2.45) is 11.1 Å². The van der Waals surface area contributed by atoms with Crippen LogP contribution in [0.25, 0.3) is 5.69 Å². The molecule has 1 aromatic carbocycles. The molecule has 0 radical (unpaired) electrons. The fourth-order valence-corrected chi connectivity index (χ4v) is 3.70. The van der Waals surface area contributed by atoms with Gasteiger partial charge in [0.05, 0.1) is 11.3 Å². The normalized spacial score (nSPS) is 15.5. The monoisotopic (exact) mass is 353 g/mol. The highest BCUT2D eigenvalue weighted by Crippen LogP contribution is 2.38. The lowest BCUT2D eigenvalue weighted by atomic mass is 9.75. The predicted octanol–water partition coefficient (Wildman–Crippen LogP) is 3.00. The van der Waals surface area contributed by atoms with Gasteiger partial charge >= 0.3 is 0 Å². The van der Waals surface area contributed by atoms with Gasteiger partial charge in [0.25, 0.3) is 5.91 Å². The van der Waals surface area contributed by atoms with E-state index in [9.17, 15) is 14.4 Å². The van der Waals surface area contributed by atoms with Crippen LogP contribution in [0.1, 0.15) is 59.2 Å². The summed E-state index contributed by atoms with van der Waals surface area (Å²) < 4.78 is 1.97. The number of nitrogens with zero attached hydrogens (tertiary/aromatic N) is 1. The van der Waals surface area contributed by atoms with E-state index in [0.29, 0.717) is 12.1 Å². The molecular weight excluding hydrogens is 330 g/mol. The number of amides is 2. The van der Waals surface area contributed by atoms with Crippen molar-refractivity contribution in [3.8, 4) is 5.69 Å². The quantitative estimate of drug-likeness (QED) is 0.888. The number of hydrogen-bond acceptors (Lipinski definition) is 3. The lowest BCUT2D eigenvalue weighted by Gasteiger charge is -2.30. The number of aryl methyl sites for hydroxylation is 1. The fraction of sp³-hybridized carbons (Fsp3) is 0.350. The van der Waals surface area contributed by atoms with Crippen molar-refractivity contribution in [1.29, 1.82) is 0 Å². The average molecular weight is 353 g/mol. The zero-order valence-corrected chi connectivity index (χ0v) is 15.5. The van der Waals surface area contributed by atoms with E-state index in [-0.39, 0.29) is 22.7 Å². The first-order valence-electron chi connectivity index (χ1n) is 8.55. The molecule has 0 spiro atoms. The van der Waals surface area contributed by atoms with Gasteiger partial charge in [-0.2, -0.15) is 0 Å². The van der Waals surface area contributed by atoms with Crippen molar-refractivity contribution in [3.05, 3.63) is 46.8 Å². The zero-order valence-electron chi connectivity index (χ0n) is 15.5. The summed E-state index contributed by atoms with van der Waals surface area (Å²) in [4.78, 5) is 35.7. The molecule has 1 aromatic heterocycles. The number of fused-ring (bicyclic) bond motifs is 1. The second kappa shape index (κ2) is 6.12. The molecule has 0 bridgehead atoms. The van der Waals surface area contributed by atoms with Crippen LogP contribution in [0.2, 0.25) is 0 Å². The smallest absolute Gasteiger partial charge is 0.250 e. The van der Waals surface area contributed by atoms with Crippen LogP contribution < -0.4 is 11.1 Å². The number of carbonyl (C=O) groups excluding carboxylic acids is 3. The van der Waals surface area contributed by atoms with Crippen LogP contribution in [-0.4, -0.2) is 22.2 Å². The second-order valence-electron chi connectivity index (χ2n) is 7.72. The van der Waals surface area contributed by atoms with E-state index in [0.717, 1.165) is 28.9 Å². The summed E-state index contributed by atoms with van der Waals surface area (Å²) in [6, 6.07) is 5.09. The molecule has 3 rings (SSSR count). The van der Waals surface area contributed by atoms with Gasteiger partial charge in [0.1, 0.15) is 0 Å². The number of nitrogens with one attached hydrogen (secondary N) is 1. The summed E-state index contributed by atoms with van der Waals surface area (Å²) in [5.74, 6) is -0.739. The zero-order chi connectivity index (χ0) is 19.2. The number of benzene rings is 1. The lowest BCUT2D eigenvalue weighted by Crippen LogP contribution is -2.28. The van der Waals surface area contributed by atoms with Gasteiger partial charge in [-0.1, -0.05) is 13.8 Å². The van der Waals surface area contributed by atoms with E-state index >= 15 is 0 Å². The third kappa shape index (κ3) is 3.14. The standard InChI is InChI=1S/C20H23N3O3/c1-11-10-23(16-8-20(3,4)9-17(25)18(11)16)13-5-6-14(19(21)26)15(7-13)22-12(2)24/h5-7,10H,8-9H2,1-4H3,(H2,21,26)(H,22,24). The van der Waals surface area contributed by atoms with Gasteiger partial charge < -0.3 is 15.6 Å². The van der Waals surface area contributed by atoms with Crippen LogP contribution in [0.15, 0.2) is 24.4 Å². The largest absolute Gasteiger partial charge is 0.366 e. The van der Waals surface area contributed by atoms with E-state index in [1.165, 1.54) is 6.92 Å². The summed E-state index contributed by atoms with van der Waals surface area (Å²) in [6.45, 7) is 7.47. The molecule has 0 atom stereocenters. The van der Waals surface area contributed by atoms with Crippen molar-refractivity contribution in [3.63, 3.8) is 0 Å². The van der Waals surface area contributed by atoms with E-state index in [2.05, 4.69) is 19.2 Å². The molecule has 136 valence electrons. The van der Waals surface area contributed by atoms with Crippen LogP contribution in [0, 0.1) is 12.3 Å². The lowest BCUT2D eigenvalue weighted by molar-refractivity contribution is -0.114. The van der Waals surface area contributed by atoms with Gasteiger partial charge in [-0.3, -0.25) is 14.4 Å². The summed E-state index contributed by atoms with van der Waals surface area (Å²) in [6.07, 6.45) is 3.23. The number of primary amides is 1. The molecule has 0 saturated heterocycles. The van der Waals surface area contributed by atoms with Crippen molar-refractivity contribution in [1.82, 2.24) is 4.57 Å². The van der Waals surface area contributed by atoms with Crippen molar-refractivity contribution >= 4 is 23.3 Å². The predicted molar refractivity (Wildman–Crippen MR) is 99.8 cm³/mol. The molecule has 1 aliphatic carbocycles. The number of anilines is 1.